The van der Waals surface area contributed by atoms with E-state index in [-0.39, 0.29) is 23.8 Å². The molecule has 0 aromatic heterocycles. The number of benzene rings is 2. The zero-order valence-corrected chi connectivity index (χ0v) is 16.1. The van der Waals surface area contributed by atoms with Crippen molar-refractivity contribution in [1.29, 1.82) is 0 Å². The summed E-state index contributed by atoms with van der Waals surface area (Å²) in [5, 5.41) is 2.95. The number of methoxy groups -OCH3 is 1. The van der Waals surface area contributed by atoms with Gasteiger partial charge in [0.2, 0.25) is 11.8 Å². The Morgan fingerprint density at radius 1 is 1.11 bits per heavy atom. The quantitative estimate of drug-likeness (QED) is 0.872. The van der Waals surface area contributed by atoms with Gasteiger partial charge in [-0.25, -0.2) is 0 Å². The van der Waals surface area contributed by atoms with E-state index in [1.807, 2.05) is 62.4 Å². The molecule has 5 nitrogen and oxygen atoms in total. The second kappa shape index (κ2) is 8.25. The second-order valence-electron chi connectivity index (χ2n) is 7.14. The summed E-state index contributed by atoms with van der Waals surface area (Å²) >= 11 is 0. The molecule has 3 rings (SSSR count). The van der Waals surface area contributed by atoms with Crippen molar-refractivity contribution in [3.63, 3.8) is 0 Å². The SMILES string of the molecule is COc1cccc(-c2ccc(NC(=O)C3CCCN3C(=O)C(C)C)cc2)c1. The predicted octanol–water partition coefficient (Wildman–Crippen LogP) is 3.95. The van der Waals surface area contributed by atoms with Gasteiger partial charge in [0.1, 0.15) is 11.8 Å². The van der Waals surface area contributed by atoms with E-state index < -0.39 is 0 Å². The lowest BCUT2D eigenvalue weighted by Crippen LogP contribution is -2.44. The molecule has 0 saturated carbocycles. The van der Waals surface area contributed by atoms with Crippen molar-refractivity contribution in [2.24, 2.45) is 5.92 Å². The molecule has 1 heterocycles. The Balaban J connectivity index is 1.69. The van der Waals surface area contributed by atoms with Gasteiger partial charge in [-0.2, -0.15) is 0 Å². The first-order chi connectivity index (χ1) is 13.0. The molecule has 1 N–H and O–H groups in total. The molecule has 1 saturated heterocycles. The molecule has 1 aliphatic rings. The number of carbonyl (C=O) groups is 2. The van der Waals surface area contributed by atoms with E-state index >= 15 is 0 Å². The average molecular weight is 366 g/mol. The molecule has 142 valence electrons. The van der Waals surface area contributed by atoms with E-state index in [1.54, 1.807) is 12.0 Å². The minimum Gasteiger partial charge on any atom is -0.497 e. The lowest BCUT2D eigenvalue weighted by Gasteiger charge is -2.25. The molecule has 0 bridgehead atoms. The van der Waals surface area contributed by atoms with Gasteiger partial charge in [0, 0.05) is 18.2 Å². The first-order valence-electron chi connectivity index (χ1n) is 9.35. The van der Waals surface area contributed by atoms with Gasteiger partial charge in [-0.3, -0.25) is 9.59 Å². The second-order valence-corrected chi connectivity index (χ2v) is 7.14. The third-order valence-corrected chi connectivity index (χ3v) is 4.89. The first kappa shape index (κ1) is 19.0. The molecule has 2 aromatic carbocycles. The van der Waals surface area contributed by atoms with Crippen LogP contribution in [0.15, 0.2) is 48.5 Å². The van der Waals surface area contributed by atoms with Crippen molar-refractivity contribution in [3.05, 3.63) is 48.5 Å². The number of rotatable bonds is 5. The number of anilines is 1. The summed E-state index contributed by atoms with van der Waals surface area (Å²) in [6.07, 6.45) is 1.58. The lowest BCUT2D eigenvalue weighted by atomic mass is 10.0. The van der Waals surface area contributed by atoms with Crippen LogP contribution in [-0.2, 0) is 9.59 Å². The standard InChI is InChI=1S/C22H26N2O3/c1-15(2)22(26)24-13-5-8-20(24)21(25)23-18-11-9-16(10-12-18)17-6-4-7-19(14-17)27-3/h4,6-7,9-12,14-15,20H,5,8,13H2,1-3H3,(H,23,25). The molecule has 5 heteroatoms. The molecule has 2 amide bonds. The Morgan fingerprint density at radius 3 is 2.52 bits per heavy atom. The number of carbonyl (C=O) groups excluding carboxylic acids is 2. The highest BCUT2D eigenvalue weighted by atomic mass is 16.5. The largest absolute Gasteiger partial charge is 0.497 e. The molecule has 0 radical (unpaired) electrons. The topological polar surface area (TPSA) is 58.6 Å². The van der Waals surface area contributed by atoms with Crippen LogP contribution < -0.4 is 10.1 Å². The summed E-state index contributed by atoms with van der Waals surface area (Å²) in [6, 6.07) is 15.2. The number of nitrogens with one attached hydrogen (secondary N) is 1. The Morgan fingerprint density at radius 2 is 1.85 bits per heavy atom. The van der Waals surface area contributed by atoms with Gasteiger partial charge in [0.05, 0.1) is 7.11 Å². The van der Waals surface area contributed by atoms with Crippen LogP contribution in [-0.4, -0.2) is 36.4 Å². The van der Waals surface area contributed by atoms with E-state index in [1.165, 1.54) is 0 Å². The van der Waals surface area contributed by atoms with Crippen LogP contribution in [0.4, 0.5) is 5.69 Å². The van der Waals surface area contributed by atoms with Gasteiger partial charge in [0.15, 0.2) is 0 Å². The molecule has 1 unspecified atom stereocenters. The number of amides is 2. The van der Waals surface area contributed by atoms with Crippen molar-refractivity contribution in [2.45, 2.75) is 32.7 Å². The number of ether oxygens (including phenoxy) is 1. The smallest absolute Gasteiger partial charge is 0.247 e. The van der Waals surface area contributed by atoms with Crippen LogP contribution >= 0.6 is 0 Å². The van der Waals surface area contributed by atoms with Gasteiger partial charge in [0.25, 0.3) is 0 Å². The molecular formula is C22H26N2O3. The third kappa shape index (κ3) is 4.30. The zero-order chi connectivity index (χ0) is 19.4. The van der Waals surface area contributed by atoms with Crippen LogP contribution in [0.3, 0.4) is 0 Å². The zero-order valence-electron chi connectivity index (χ0n) is 16.1. The maximum atomic E-state index is 12.7. The Hall–Kier alpha value is -2.82. The van der Waals surface area contributed by atoms with E-state index in [2.05, 4.69) is 5.32 Å². The van der Waals surface area contributed by atoms with Crippen LogP contribution in [0.25, 0.3) is 11.1 Å². The van der Waals surface area contributed by atoms with Crippen molar-refractivity contribution >= 4 is 17.5 Å². The summed E-state index contributed by atoms with van der Waals surface area (Å²) in [7, 11) is 1.65. The summed E-state index contributed by atoms with van der Waals surface area (Å²) in [5.74, 6) is 0.637. The van der Waals surface area contributed by atoms with Gasteiger partial charge in [-0.05, 0) is 48.2 Å². The average Bonchev–Trinajstić information content (AvgIpc) is 3.17. The number of hydrogen-bond acceptors (Lipinski definition) is 3. The third-order valence-electron chi connectivity index (χ3n) is 4.89. The fraction of sp³-hybridized carbons (Fsp3) is 0.364. The number of hydrogen-bond donors (Lipinski definition) is 1. The van der Waals surface area contributed by atoms with Crippen molar-refractivity contribution in [1.82, 2.24) is 4.90 Å². The Kier molecular flexibility index (Phi) is 5.79. The van der Waals surface area contributed by atoms with Gasteiger partial charge >= 0.3 is 0 Å². The predicted molar refractivity (Wildman–Crippen MR) is 107 cm³/mol. The lowest BCUT2D eigenvalue weighted by molar-refractivity contribution is -0.139. The molecular weight excluding hydrogens is 340 g/mol. The van der Waals surface area contributed by atoms with Crippen molar-refractivity contribution in [2.75, 3.05) is 19.0 Å². The van der Waals surface area contributed by atoms with E-state index in [4.69, 9.17) is 4.74 Å². The molecule has 0 aliphatic carbocycles. The monoisotopic (exact) mass is 366 g/mol. The Labute approximate surface area is 160 Å². The van der Waals surface area contributed by atoms with Crippen LogP contribution in [0.2, 0.25) is 0 Å². The maximum absolute atomic E-state index is 12.7. The maximum Gasteiger partial charge on any atom is 0.247 e. The minimum atomic E-state index is -0.377. The molecule has 2 aromatic rings. The first-order valence-corrected chi connectivity index (χ1v) is 9.35. The fourth-order valence-corrected chi connectivity index (χ4v) is 3.41. The van der Waals surface area contributed by atoms with Crippen molar-refractivity contribution in [3.8, 4) is 16.9 Å². The van der Waals surface area contributed by atoms with Crippen LogP contribution in [0.1, 0.15) is 26.7 Å². The normalized spacial score (nSPS) is 16.4. The van der Waals surface area contributed by atoms with Crippen LogP contribution in [0.5, 0.6) is 5.75 Å². The summed E-state index contributed by atoms with van der Waals surface area (Å²) in [6.45, 7) is 4.39. The Bertz CT molecular complexity index is 815. The summed E-state index contributed by atoms with van der Waals surface area (Å²) < 4.78 is 5.27. The van der Waals surface area contributed by atoms with Gasteiger partial charge in [-0.15, -0.1) is 0 Å². The minimum absolute atomic E-state index is 0.0426. The van der Waals surface area contributed by atoms with E-state index in [0.29, 0.717) is 13.0 Å². The summed E-state index contributed by atoms with van der Waals surface area (Å²) in [4.78, 5) is 26.7. The van der Waals surface area contributed by atoms with E-state index in [9.17, 15) is 9.59 Å². The molecule has 0 spiro atoms. The molecule has 1 fully saturated rings. The highest BCUT2D eigenvalue weighted by molar-refractivity contribution is 5.97. The molecule has 27 heavy (non-hydrogen) atoms. The summed E-state index contributed by atoms with van der Waals surface area (Å²) in [5.41, 5.74) is 2.83. The molecule has 1 atom stereocenters. The highest BCUT2D eigenvalue weighted by Crippen LogP contribution is 2.26. The van der Waals surface area contributed by atoms with Gasteiger partial charge < -0.3 is 15.0 Å². The number of likely N-dealkylation sites (tertiary alicyclic amines) is 1. The van der Waals surface area contributed by atoms with Crippen LogP contribution in [0, 0.1) is 5.92 Å². The van der Waals surface area contributed by atoms with E-state index in [0.717, 1.165) is 29.0 Å². The van der Waals surface area contributed by atoms with Gasteiger partial charge in [-0.1, -0.05) is 38.1 Å². The van der Waals surface area contributed by atoms with Crippen molar-refractivity contribution < 1.29 is 14.3 Å². The molecule has 1 aliphatic heterocycles. The number of nitrogens with zero attached hydrogens (tertiary/aromatic N) is 1. The highest BCUT2D eigenvalue weighted by Gasteiger charge is 2.34. The fourth-order valence-electron chi connectivity index (χ4n) is 3.41.